The van der Waals surface area contributed by atoms with Crippen molar-refractivity contribution in [1.82, 2.24) is 12.9 Å². The molecule has 0 spiro atoms. The molecule has 0 aromatic heterocycles. The Bertz CT molecular complexity index is 962. The van der Waals surface area contributed by atoms with Gasteiger partial charge in [-0.05, 0) is 56.4 Å². The van der Waals surface area contributed by atoms with Gasteiger partial charge in [-0.2, -0.15) is 21.3 Å². The van der Waals surface area contributed by atoms with Gasteiger partial charge in [0, 0.05) is 39.3 Å². The lowest BCUT2D eigenvalue weighted by Gasteiger charge is -2.40. The number of benzene rings is 1. The quantitative estimate of drug-likeness (QED) is 0.688. The van der Waals surface area contributed by atoms with Gasteiger partial charge >= 0.3 is 0 Å². The predicted molar refractivity (Wildman–Crippen MR) is 109 cm³/mol. The van der Waals surface area contributed by atoms with Crippen molar-refractivity contribution in [3.63, 3.8) is 0 Å². The molecule has 10 heteroatoms. The first-order valence-corrected chi connectivity index (χ1v) is 13.0. The zero-order valence-corrected chi connectivity index (χ0v) is 18.6. The third-order valence-electron chi connectivity index (χ3n) is 5.94. The molecule has 2 aliphatic heterocycles. The minimum absolute atomic E-state index is 0.157. The molecule has 0 amide bonds. The maximum absolute atomic E-state index is 13.1. The molecule has 0 unspecified atom stereocenters. The maximum atomic E-state index is 13.1. The topological polar surface area (TPSA) is 87.2 Å². The standard InChI is InChI=1S/C19H29N3O5S2/c1-15-13-22(14-16(2)27-15)29(25,26)21-10-8-20(9-11-21)28(23,24)19-7-6-17-4-3-5-18(17)12-19/h6-7,12,15-16H,3-5,8-11,13-14H2,1-2H3/t15-,16-/m1/s1. The number of rotatable bonds is 4. The van der Waals surface area contributed by atoms with Gasteiger partial charge in [0.05, 0.1) is 17.1 Å². The van der Waals surface area contributed by atoms with Crippen LogP contribution in [0.5, 0.6) is 0 Å². The molecule has 0 radical (unpaired) electrons. The molecule has 8 nitrogen and oxygen atoms in total. The van der Waals surface area contributed by atoms with Crippen molar-refractivity contribution < 1.29 is 21.6 Å². The highest BCUT2D eigenvalue weighted by atomic mass is 32.2. The highest BCUT2D eigenvalue weighted by Gasteiger charge is 2.38. The van der Waals surface area contributed by atoms with Gasteiger partial charge in [0.25, 0.3) is 10.2 Å². The first kappa shape index (κ1) is 21.2. The third-order valence-corrected chi connectivity index (χ3v) is 9.81. The maximum Gasteiger partial charge on any atom is 0.282 e. The Hall–Kier alpha value is -1.04. The minimum Gasteiger partial charge on any atom is -0.373 e. The van der Waals surface area contributed by atoms with E-state index in [-0.39, 0.29) is 38.4 Å². The van der Waals surface area contributed by atoms with Crippen molar-refractivity contribution in [3.05, 3.63) is 29.3 Å². The minimum atomic E-state index is -3.63. The first-order valence-electron chi connectivity index (χ1n) is 10.2. The van der Waals surface area contributed by atoms with Gasteiger partial charge in [0.15, 0.2) is 0 Å². The SMILES string of the molecule is C[C@@H]1CN(S(=O)(=O)N2CCN(S(=O)(=O)c3ccc4c(c3)CCC4)CC2)C[C@@H](C)O1. The number of hydrogen-bond acceptors (Lipinski definition) is 5. The number of ether oxygens (including phenoxy) is 1. The molecular weight excluding hydrogens is 414 g/mol. The van der Waals surface area contributed by atoms with E-state index in [1.54, 1.807) is 12.1 Å². The van der Waals surface area contributed by atoms with E-state index in [0.717, 1.165) is 24.8 Å². The van der Waals surface area contributed by atoms with E-state index >= 15 is 0 Å². The second-order valence-corrected chi connectivity index (χ2v) is 12.0. The average molecular weight is 444 g/mol. The molecule has 2 atom stereocenters. The van der Waals surface area contributed by atoms with E-state index in [1.165, 1.54) is 18.5 Å². The molecule has 1 aliphatic carbocycles. The normalized spacial score (nSPS) is 27.8. The van der Waals surface area contributed by atoms with E-state index in [9.17, 15) is 16.8 Å². The number of morpholine rings is 1. The lowest BCUT2D eigenvalue weighted by Crippen LogP contribution is -2.57. The molecule has 162 valence electrons. The van der Waals surface area contributed by atoms with Crippen LogP contribution in [0.2, 0.25) is 0 Å². The summed E-state index contributed by atoms with van der Waals surface area (Å²) in [5, 5.41) is 0. The zero-order chi connectivity index (χ0) is 20.8. The molecule has 29 heavy (non-hydrogen) atoms. The summed E-state index contributed by atoms with van der Waals surface area (Å²) in [6.45, 7) is 5.00. The van der Waals surface area contributed by atoms with E-state index < -0.39 is 20.2 Å². The van der Waals surface area contributed by atoms with Crippen LogP contribution in [0.15, 0.2) is 23.1 Å². The van der Waals surface area contributed by atoms with Crippen molar-refractivity contribution in [2.45, 2.75) is 50.2 Å². The number of sulfonamides is 1. The number of fused-ring (bicyclic) bond motifs is 1. The zero-order valence-electron chi connectivity index (χ0n) is 17.0. The van der Waals surface area contributed by atoms with Crippen molar-refractivity contribution >= 4 is 20.2 Å². The Kier molecular flexibility index (Phi) is 5.77. The van der Waals surface area contributed by atoms with E-state index in [2.05, 4.69) is 0 Å². The lowest BCUT2D eigenvalue weighted by molar-refractivity contribution is -0.0456. The van der Waals surface area contributed by atoms with Gasteiger partial charge in [-0.15, -0.1) is 0 Å². The number of hydrogen-bond donors (Lipinski definition) is 0. The van der Waals surface area contributed by atoms with Crippen LogP contribution in [0, 0.1) is 0 Å². The Labute approximate surface area is 173 Å². The second kappa shape index (κ2) is 7.90. The van der Waals surface area contributed by atoms with Crippen molar-refractivity contribution in [1.29, 1.82) is 0 Å². The van der Waals surface area contributed by atoms with Crippen LogP contribution in [-0.4, -0.2) is 81.2 Å². The predicted octanol–water partition coefficient (Wildman–Crippen LogP) is 0.836. The molecule has 3 aliphatic rings. The Morgan fingerprint density at radius 2 is 1.41 bits per heavy atom. The Morgan fingerprint density at radius 1 is 0.828 bits per heavy atom. The number of aryl methyl sites for hydroxylation is 2. The fraction of sp³-hybridized carbons (Fsp3) is 0.684. The summed E-state index contributed by atoms with van der Waals surface area (Å²) in [5.41, 5.74) is 2.34. The summed E-state index contributed by atoms with van der Waals surface area (Å²) < 4.78 is 62.0. The molecule has 4 rings (SSSR count). The van der Waals surface area contributed by atoms with Crippen LogP contribution < -0.4 is 0 Å². The monoisotopic (exact) mass is 443 g/mol. The number of piperazine rings is 1. The molecule has 1 aromatic carbocycles. The summed E-state index contributed by atoms with van der Waals surface area (Å²) in [6.07, 6.45) is 2.67. The lowest BCUT2D eigenvalue weighted by atomic mass is 10.1. The summed E-state index contributed by atoms with van der Waals surface area (Å²) in [7, 11) is -7.24. The van der Waals surface area contributed by atoms with Gasteiger partial charge in [-0.25, -0.2) is 8.42 Å². The first-order chi connectivity index (χ1) is 13.7. The molecule has 0 N–H and O–H groups in total. The van der Waals surface area contributed by atoms with Crippen molar-refractivity contribution in [3.8, 4) is 0 Å². The summed E-state index contributed by atoms with van der Waals surface area (Å²) in [6, 6.07) is 5.38. The van der Waals surface area contributed by atoms with Gasteiger partial charge in [-0.1, -0.05) is 6.07 Å². The fourth-order valence-electron chi connectivity index (χ4n) is 4.48. The van der Waals surface area contributed by atoms with E-state index in [1.807, 2.05) is 19.9 Å². The Morgan fingerprint density at radius 3 is 2.07 bits per heavy atom. The molecule has 2 fully saturated rings. The smallest absolute Gasteiger partial charge is 0.282 e. The molecule has 0 saturated carbocycles. The Balaban J connectivity index is 1.45. The van der Waals surface area contributed by atoms with E-state index in [0.29, 0.717) is 18.0 Å². The largest absolute Gasteiger partial charge is 0.373 e. The van der Waals surface area contributed by atoms with Crippen LogP contribution in [0.25, 0.3) is 0 Å². The van der Waals surface area contributed by atoms with Gasteiger partial charge < -0.3 is 4.74 Å². The average Bonchev–Trinajstić information content (AvgIpc) is 3.15. The second-order valence-electron chi connectivity index (χ2n) is 8.17. The van der Waals surface area contributed by atoms with Crippen LogP contribution in [0.4, 0.5) is 0 Å². The summed E-state index contributed by atoms with van der Waals surface area (Å²) in [4.78, 5) is 0.310. The van der Waals surface area contributed by atoms with E-state index in [4.69, 9.17) is 4.74 Å². The molecule has 2 heterocycles. The summed E-state index contributed by atoms with van der Waals surface area (Å²) >= 11 is 0. The van der Waals surface area contributed by atoms with Crippen molar-refractivity contribution in [2.24, 2.45) is 0 Å². The third kappa shape index (κ3) is 4.11. The van der Waals surface area contributed by atoms with Gasteiger partial charge in [-0.3, -0.25) is 0 Å². The molecule has 2 saturated heterocycles. The van der Waals surface area contributed by atoms with Crippen LogP contribution >= 0.6 is 0 Å². The highest BCUT2D eigenvalue weighted by Crippen LogP contribution is 2.27. The summed E-state index contributed by atoms with van der Waals surface area (Å²) in [5.74, 6) is 0. The van der Waals surface area contributed by atoms with Crippen LogP contribution in [0.3, 0.4) is 0 Å². The van der Waals surface area contributed by atoms with Crippen LogP contribution in [-0.2, 0) is 37.8 Å². The molecular formula is C19H29N3O5S2. The van der Waals surface area contributed by atoms with Gasteiger partial charge in [0.2, 0.25) is 10.0 Å². The number of nitrogens with zero attached hydrogens (tertiary/aromatic N) is 3. The van der Waals surface area contributed by atoms with Crippen LogP contribution in [0.1, 0.15) is 31.4 Å². The highest BCUT2D eigenvalue weighted by molar-refractivity contribution is 7.89. The van der Waals surface area contributed by atoms with Crippen molar-refractivity contribution in [2.75, 3.05) is 39.3 Å². The fourth-order valence-corrected chi connectivity index (χ4v) is 7.70. The molecule has 1 aromatic rings. The molecule has 0 bridgehead atoms. The van der Waals surface area contributed by atoms with Gasteiger partial charge in [0.1, 0.15) is 0 Å².